The van der Waals surface area contributed by atoms with Gasteiger partial charge in [-0.15, -0.1) is 0 Å². The van der Waals surface area contributed by atoms with Gasteiger partial charge in [-0.05, 0) is 35.4 Å². The predicted molar refractivity (Wildman–Crippen MR) is 111 cm³/mol. The molecule has 2 aliphatic rings. The molecule has 0 radical (unpaired) electrons. The van der Waals surface area contributed by atoms with Crippen LogP contribution in [0.3, 0.4) is 0 Å². The van der Waals surface area contributed by atoms with E-state index in [2.05, 4.69) is 55.2 Å². The van der Waals surface area contributed by atoms with E-state index in [9.17, 15) is 0 Å². The first kappa shape index (κ1) is 18.7. The summed E-state index contributed by atoms with van der Waals surface area (Å²) < 4.78 is 22.8. The summed E-state index contributed by atoms with van der Waals surface area (Å²) in [4.78, 5) is 2.37. The highest BCUT2D eigenvalue weighted by Gasteiger charge is 2.58. The van der Waals surface area contributed by atoms with Crippen molar-refractivity contribution < 1.29 is 18.9 Å². The van der Waals surface area contributed by atoms with E-state index < -0.39 is 5.72 Å². The van der Waals surface area contributed by atoms with Crippen LogP contribution in [0.4, 0.5) is 5.69 Å². The molecule has 0 N–H and O–H groups in total. The van der Waals surface area contributed by atoms with Crippen LogP contribution >= 0.6 is 0 Å². The summed E-state index contributed by atoms with van der Waals surface area (Å²) in [6.07, 6.45) is 4.25. The van der Waals surface area contributed by atoms with Gasteiger partial charge in [0.25, 0.3) is 0 Å². The normalized spacial score (nSPS) is 22.2. The number of hydrogen-bond donors (Lipinski definition) is 0. The van der Waals surface area contributed by atoms with Gasteiger partial charge in [0.15, 0.2) is 17.2 Å². The molecule has 2 heterocycles. The molecule has 5 nitrogen and oxygen atoms in total. The molecule has 2 aliphatic heterocycles. The van der Waals surface area contributed by atoms with Gasteiger partial charge in [-0.1, -0.05) is 38.1 Å². The van der Waals surface area contributed by atoms with Crippen molar-refractivity contribution in [2.75, 3.05) is 39.4 Å². The third kappa shape index (κ3) is 2.49. The van der Waals surface area contributed by atoms with Crippen molar-refractivity contribution in [3.05, 3.63) is 53.6 Å². The summed E-state index contributed by atoms with van der Waals surface area (Å²) in [6.45, 7) is 6.07. The number of benzene rings is 2. The molecule has 2 aromatic rings. The lowest BCUT2D eigenvalue weighted by molar-refractivity contribution is 0.000336. The van der Waals surface area contributed by atoms with Gasteiger partial charge in [-0.3, -0.25) is 0 Å². The molecule has 148 valence electrons. The summed E-state index contributed by atoms with van der Waals surface area (Å²) >= 11 is 0. The summed E-state index contributed by atoms with van der Waals surface area (Å²) in [7, 11) is 4.86. The molecule has 1 atom stereocenters. The van der Waals surface area contributed by atoms with E-state index >= 15 is 0 Å². The number of para-hydroxylation sites is 1. The van der Waals surface area contributed by atoms with Crippen molar-refractivity contribution in [1.29, 1.82) is 0 Å². The highest BCUT2D eigenvalue weighted by molar-refractivity contribution is 5.70. The molecule has 2 aromatic carbocycles. The fourth-order valence-corrected chi connectivity index (χ4v) is 4.54. The topological polar surface area (TPSA) is 40.2 Å². The molecule has 4 rings (SSSR count). The average Bonchev–Trinajstić information content (AvgIpc) is 3.23. The summed E-state index contributed by atoms with van der Waals surface area (Å²) in [5, 5.41) is 0. The van der Waals surface area contributed by atoms with E-state index in [1.807, 2.05) is 12.1 Å². The molecular formula is C23H27NO4. The molecule has 1 unspecified atom stereocenters. The Morgan fingerprint density at radius 1 is 1.00 bits per heavy atom. The van der Waals surface area contributed by atoms with Crippen LogP contribution in [0.1, 0.15) is 25.0 Å². The minimum atomic E-state index is -0.517. The lowest BCUT2D eigenvalue weighted by atomic mass is 9.77. The maximum Gasteiger partial charge on any atom is 0.203 e. The van der Waals surface area contributed by atoms with Crippen LogP contribution < -0.4 is 19.1 Å². The van der Waals surface area contributed by atoms with Gasteiger partial charge < -0.3 is 23.8 Å². The van der Waals surface area contributed by atoms with Crippen LogP contribution in [0.2, 0.25) is 0 Å². The van der Waals surface area contributed by atoms with E-state index in [4.69, 9.17) is 18.9 Å². The number of methoxy groups -OCH3 is 3. The smallest absolute Gasteiger partial charge is 0.203 e. The monoisotopic (exact) mass is 381 g/mol. The highest BCUT2D eigenvalue weighted by Crippen LogP contribution is 2.55. The van der Waals surface area contributed by atoms with Gasteiger partial charge in [0, 0.05) is 17.6 Å². The van der Waals surface area contributed by atoms with Crippen LogP contribution in [0, 0.1) is 0 Å². The lowest BCUT2D eigenvalue weighted by Gasteiger charge is -2.39. The van der Waals surface area contributed by atoms with Crippen molar-refractivity contribution in [3.8, 4) is 17.2 Å². The third-order valence-corrected chi connectivity index (χ3v) is 5.99. The van der Waals surface area contributed by atoms with Crippen LogP contribution in [0.15, 0.2) is 42.5 Å². The first-order valence-electron chi connectivity index (χ1n) is 9.49. The van der Waals surface area contributed by atoms with Gasteiger partial charge in [-0.2, -0.15) is 0 Å². The first-order chi connectivity index (χ1) is 13.5. The molecule has 1 fully saturated rings. The van der Waals surface area contributed by atoms with Crippen LogP contribution in [0.25, 0.3) is 6.08 Å². The zero-order chi connectivity index (χ0) is 19.9. The number of hydrogen-bond acceptors (Lipinski definition) is 5. The first-order valence-corrected chi connectivity index (χ1v) is 9.49. The van der Waals surface area contributed by atoms with Gasteiger partial charge in [-0.25, -0.2) is 0 Å². The number of anilines is 1. The Labute approximate surface area is 166 Å². The van der Waals surface area contributed by atoms with Crippen molar-refractivity contribution in [1.82, 2.24) is 0 Å². The summed E-state index contributed by atoms with van der Waals surface area (Å²) in [6, 6.07) is 12.5. The van der Waals surface area contributed by atoms with Crippen LogP contribution in [-0.4, -0.2) is 40.2 Å². The molecule has 0 saturated carbocycles. The van der Waals surface area contributed by atoms with Crippen LogP contribution in [0.5, 0.6) is 17.2 Å². The van der Waals surface area contributed by atoms with E-state index in [1.54, 1.807) is 21.3 Å². The maximum atomic E-state index is 6.39. The standard InChI is InChI=1S/C23H27NO4/c1-22(2)17-8-6-7-9-18(17)24-12-13-28-23(22,24)11-10-16-14-19(25-3)21(27-5)20(15-16)26-4/h6-11,14-15H,12-13H2,1-5H3/b11-10+. The Hall–Kier alpha value is -2.66. The molecule has 0 aromatic heterocycles. The minimum absolute atomic E-state index is 0.183. The largest absolute Gasteiger partial charge is 0.493 e. The van der Waals surface area contributed by atoms with Gasteiger partial charge >= 0.3 is 0 Å². The Morgan fingerprint density at radius 3 is 2.32 bits per heavy atom. The van der Waals surface area contributed by atoms with Crippen molar-refractivity contribution >= 4 is 11.8 Å². The Balaban J connectivity index is 1.78. The average molecular weight is 381 g/mol. The fraction of sp³-hybridized carbons (Fsp3) is 0.391. The number of ether oxygens (including phenoxy) is 4. The third-order valence-electron chi connectivity index (χ3n) is 5.99. The molecule has 1 saturated heterocycles. The SMILES string of the molecule is COc1cc(/C=C/C23OCCN2c2ccccc2C3(C)C)cc(OC)c1OC. The van der Waals surface area contributed by atoms with Gasteiger partial charge in [0.1, 0.15) is 0 Å². The summed E-state index contributed by atoms with van der Waals surface area (Å²) in [5.74, 6) is 1.86. The molecule has 0 aliphatic carbocycles. The maximum absolute atomic E-state index is 6.39. The zero-order valence-electron chi connectivity index (χ0n) is 17.1. The second kappa shape index (κ2) is 6.74. The number of fused-ring (bicyclic) bond motifs is 3. The second-order valence-electron chi connectivity index (χ2n) is 7.63. The Bertz CT molecular complexity index is 896. The van der Waals surface area contributed by atoms with E-state index in [-0.39, 0.29) is 5.41 Å². The van der Waals surface area contributed by atoms with Crippen molar-refractivity contribution in [2.24, 2.45) is 0 Å². The quantitative estimate of drug-likeness (QED) is 0.774. The van der Waals surface area contributed by atoms with Crippen LogP contribution in [-0.2, 0) is 10.2 Å². The van der Waals surface area contributed by atoms with Gasteiger partial charge in [0.2, 0.25) is 5.75 Å². The predicted octanol–water partition coefficient (Wildman–Crippen LogP) is 4.25. The molecule has 0 spiro atoms. The molecular weight excluding hydrogens is 354 g/mol. The molecule has 5 heteroatoms. The van der Waals surface area contributed by atoms with Crippen molar-refractivity contribution in [3.63, 3.8) is 0 Å². The zero-order valence-corrected chi connectivity index (χ0v) is 17.1. The lowest BCUT2D eigenvalue weighted by Crippen LogP contribution is -2.51. The Morgan fingerprint density at radius 2 is 1.68 bits per heavy atom. The molecule has 0 bridgehead atoms. The van der Waals surface area contributed by atoms with E-state index in [0.717, 1.165) is 12.1 Å². The van der Waals surface area contributed by atoms with Gasteiger partial charge in [0.05, 0.1) is 27.9 Å². The van der Waals surface area contributed by atoms with E-state index in [0.29, 0.717) is 23.9 Å². The van der Waals surface area contributed by atoms with E-state index in [1.165, 1.54) is 11.3 Å². The fourth-order valence-electron chi connectivity index (χ4n) is 4.54. The summed E-state index contributed by atoms with van der Waals surface area (Å²) in [5.41, 5.74) is 2.82. The number of rotatable bonds is 5. The number of nitrogens with zero attached hydrogens (tertiary/aromatic N) is 1. The molecule has 0 amide bonds. The minimum Gasteiger partial charge on any atom is -0.493 e. The highest BCUT2D eigenvalue weighted by atomic mass is 16.5. The Kier molecular flexibility index (Phi) is 4.50. The molecule has 28 heavy (non-hydrogen) atoms. The second-order valence-corrected chi connectivity index (χ2v) is 7.63. The van der Waals surface area contributed by atoms with Crippen molar-refractivity contribution in [2.45, 2.75) is 25.0 Å².